The number of aromatic nitrogens is 1. The summed E-state index contributed by atoms with van der Waals surface area (Å²) in [5.74, 6) is -0.304. The molecule has 0 unspecified atom stereocenters. The van der Waals surface area contributed by atoms with Crippen LogP contribution in [0.25, 0.3) is 0 Å². The van der Waals surface area contributed by atoms with E-state index in [1.54, 1.807) is 51.2 Å². The molecule has 8 nitrogen and oxygen atoms in total. The van der Waals surface area contributed by atoms with Crippen LogP contribution in [0.1, 0.15) is 38.0 Å². The zero-order valence-electron chi connectivity index (χ0n) is 20.9. The molecular weight excluding hydrogens is 458 g/mol. The topological polar surface area (TPSA) is 101 Å². The number of pyridine rings is 1. The summed E-state index contributed by atoms with van der Waals surface area (Å²) in [4.78, 5) is 38.4. The Kier molecular flexibility index (Phi) is 9.02. The van der Waals surface area contributed by atoms with Crippen molar-refractivity contribution in [2.75, 3.05) is 18.4 Å². The summed E-state index contributed by atoms with van der Waals surface area (Å²) in [5, 5.41) is 13.4. The highest BCUT2D eigenvalue weighted by molar-refractivity contribution is 5.90. The smallest absolute Gasteiger partial charge is 0.410 e. The zero-order chi connectivity index (χ0) is 26.1. The van der Waals surface area contributed by atoms with E-state index in [1.807, 2.05) is 42.5 Å². The Balaban J connectivity index is 1.60. The number of anilines is 1. The third kappa shape index (κ3) is 8.39. The van der Waals surface area contributed by atoms with Crippen LogP contribution in [0.15, 0.2) is 83.8 Å². The van der Waals surface area contributed by atoms with Gasteiger partial charge in [0.05, 0.1) is 12.6 Å². The summed E-state index contributed by atoms with van der Waals surface area (Å²) >= 11 is 0. The molecule has 0 spiro atoms. The molecule has 0 saturated carbocycles. The number of aliphatic hydroxyl groups is 1. The second-order valence-corrected chi connectivity index (χ2v) is 9.51. The number of carbonyl (C=O) groups is 2. The van der Waals surface area contributed by atoms with Crippen LogP contribution in [0.3, 0.4) is 0 Å². The number of rotatable bonds is 9. The van der Waals surface area contributed by atoms with Gasteiger partial charge in [0.15, 0.2) is 0 Å². The Morgan fingerprint density at radius 3 is 2.31 bits per heavy atom. The van der Waals surface area contributed by atoms with E-state index in [1.165, 1.54) is 15.5 Å². The number of hydrogen-bond acceptors (Lipinski definition) is 5. The molecule has 0 aliphatic rings. The molecule has 1 atom stereocenters. The molecule has 1 aromatic heterocycles. The summed E-state index contributed by atoms with van der Waals surface area (Å²) in [5.41, 5.74) is 1.39. The summed E-state index contributed by atoms with van der Waals surface area (Å²) in [6.07, 6.45) is 0.774. The third-order valence-electron chi connectivity index (χ3n) is 5.35. The van der Waals surface area contributed by atoms with Gasteiger partial charge in [-0.2, -0.15) is 0 Å². The normalized spacial score (nSPS) is 12.0. The molecule has 0 aliphatic carbocycles. The van der Waals surface area contributed by atoms with E-state index in [2.05, 4.69) is 5.32 Å². The second-order valence-electron chi connectivity index (χ2n) is 9.51. The fourth-order valence-corrected chi connectivity index (χ4v) is 3.54. The van der Waals surface area contributed by atoms with Gasteiger partial charge in [0.1, 0.15) is 12.1 Å². The predicted molar refractivity (Wildman–Crippen MR) is 139 cm³/mol. The largest absolute Gasteiger partial charge is 0.444 e. The predicted octanol–water partition coefficient (Wildman–Crippen LogP) is 4.00. The van der Waals surface area contributed by atoms with E-state index in [4.69, 9.17) is 4.74 Å². The summed E-state index contributed by atoms with van der Waals surface area (Å²) in [6, 6.07) is 21.2. The molecule has 3 aromatic rings. The van der Waals surface area contributed by atoms with E-state index >= 15 is 0 Å². The van der Waals surface area contributed by atoms with Crippen molar-refractivity contribution in [1.82, 2.24) is 9.47 Å². The lowest BCUT2D eigenvalue weighted by atomic mass is 10.1. The minimum Gasteiger partial charge on any atom is -0.444 e. The van der Waals surface area contributed by atoms with Gasteiger partial charge < -0.3 is 24.6 Å². The van der Waals surface area contributed by atoms with Crippen LogP contribution in [0, 0.1) is 0 Å². The fraction of sp³-hybridized carbons (Fsp3) is 0.321. The second kappa shape index (κ2) is 12.2. The monoisotopic (exact) mass is 491 g/mol. The standard InChI is InChI=1S/C28H33N3O5/c1-28(2,3)36-27(35)31(19-24(32)22-9-5-4-6-10-22)18-16-21-12-14-23(15-13-21)29-25(33)20-30-17-8-7-11-26(30)34/h4-15,17,24,32H,16,18-20H2,1-3H3,(H,29,33)/t24-/m0/s1. The van der Waals surface area contributed by atoms with Gasteiger partial charge in [0, 0.05) is 24.5 Å². The number of nitrogens with zero attached hydrogens (tertiary/aromatic N) is 2. The molecule has 0 saturated heterocycles. The van der Waals surface area contributed by atoms with E-state index < -0.39 is 17.8 Å². The lowest BCUT2D eigenvalue weighted by molar-refractivity contribution is -0.116. The molecule has 2 aromatic carbocycles. The molecule has 3 rings (SSSR count). The molecule has 1 heterocycles. The van der Waals surface area contributed by atoms with Crippen molar-refractivity contribution >= 4 is 17.7 Å². The van der Waals surface area contributed by atoms with Gasteiger partial charge in [-0.15, -0.1) is 0 Å². The van der Waals surface area contributed by atoms with Crippen molar-refractivity contribution in [3.63, 3.8) is 0 Å². The highest BCUT2D eigenvalue weighted by atomic mass is 16.6. The van der Waals surface area contributed by atoms with Crippen LogP contribution in [0.4, 0.5) is 10.5 Å². The SMILES string of the molecule is CC(C)(C)OC(=O)N(CCc1ccc(NC(=O)Cn2ccccc2=O)cc1)C[C@H](O)c1ccccc1. The maximum Gasteiger partial charge on any atom is 0.410 e. The first-order chi connectivity index (χ1) is 17.1. The molecule has 2 amide bonds. The molecule has 190 valence electrons. The Labute approximate surface area is 211 Å². The Hall–Kier alpha value is -3.91. The number of ether oxygens (including phenoxy) is 1. The van der Waals surface area contributed by atoms with E-state index in [0.29, 0.717) is 18.7 Å². The summed E-state index contributed by atoms with van der Waals surface area (Å²) < 4.78 is 6.88. The quantitative estimate of drug-likeness (QED) is 0.471. The van der Waals surface area contributed by atoms with Crippen LogP contribution in [-0.4, -0.2) is 45.3 Å². The molecule has 36 heavy (non-hydrogen) atoms. The van der Waals surface area contributed by atoms with Gasteiger partial charge >= 0.3 is 6.09 Å². The summed E-state index contributed by atoms with van der Waals surface area (Å²) in [7, 11) is 0. The average Bonchev–Trinajstić information content (AvgIpc) is 2.83. The first kappa shape index (κ1) is 26.7. The molecule has 0 fully saturated rings. The number of nitrogens with one attached hydrogen (secondary N) is 1. The third-order valence-corrected chi connectivity index (χ3v) is 5.35. The molecular formula is C28H33N3O5. The van der Waals surface area contributed by atoms with E-state index in [-0.39, 0.29) is 24.6 Å². The highest BCUT2D eigenvalue weighted by Gasteiger charge is 2.24. The lowest BCUT2D eigenvalue weighted by Crippen LogP contribution is -2.40. The van der Waals surface area contributed by atoms with Gasteiger partial charge in [-0.1, -0.05) is 48.5 Å². The summed E-state index contributed by atoms with van der Waals surface area (Å²) in [6.45, 7) is 5.79. The number of amides is 2. The number of hydrogen-bond donors (Lipinski definition) is 2. The Bertz CT molecular complexity index is 1200. The van der Waals surface area contributed by atoms with Gasteiger partial charge in [0.2, 0.25) is 5.91 Å². The van der Waals surface area contributed by atoms with Crippen LogP contribution in [0.2, 0.25) is 0 Å². The zero-order valence-corrected chi connectivity index (χ0v) is 20.9. The fourth-order valence-electron chi connectivity index (χ4n) is 3.54. The minimum absolute atomic E-state index is 0.0734. The van der Waals surface area contributed by atoms with Gasteiger partial charge in [-0.25, -0.2) is 4.79 Å². The lowest BCUT2D eigenvalue weighted by Gasteiger charge is -2.29. The van der Waals surface area contributed by atoms with Crippen LogP contribution in [-0.2, 0) is 22.5 Å². The number of carbonyl (C=O) groups excluding carboxylic acids is 2. The minimum atomic E-state index is -0.839. The van der Waals surface area contributed by atoms with Gasteiger partial charge in [0.25, 0.3) is 5.56 Å². The molecule has 8 heteroatoms. The molecule has 0 radical (unpaired) electrons. The Morgan fingerprint density at radius 2 is 1.67 bits per heavy atom. The maximum absolute atomic E-state index is 12.8. The van der Waals surface area contributed by atoms with Crippen molar-refractivity contribution in [2.45, 2.75) is 45.4 Å². The molecule has 0 bridgehead atoms. The van der Waals surface area contributed by atoms with Gasteiger partial charge in [-0.3, -0.25) is 9.59 Å². The van der Waals surface area contributed by atoms with E-state index in [9.17, 15) is 19.5 Å². The average molecular weight is 492 g/mol. The van der Waals surface area contributed by atoms with Crippen molar-refractivity contribution in [3.05, 3.63) is 100 Å². The van der Waals surface area contributed by atoms with Crippen molar-refractivity contribution in [3.8, 4) is 0 Å². The number of aliphatic hydroxyl groups excluding tert-OH is 1. The van der Waals surface area contributed by atoms with Crippen LogP contribution < -0.4 is 10.9 Å². The number of benzene rings is 2. The maximum atomic E-state index is 12.8. The van der Waals surface area contributed by atoms with Crippen LogP contribution >= 0.6 is 0 Å². The molecule has 0 aliphatic heterocycles. The first-order valence-corrected chi connectivity index (χ1v) is 11.9. The van der Waals surface area contributed by atoms with E-state index in [0.717, 1.165) is 11.1 Å². The van der Waals surface area contributed by atoms with Crippen molar-refractivity contribution in [1.29, 1.82) is 0 Å². The van der Waals surface area contributed by atoms with Gasteiger partial charge in [-0.05, 0) is 56.5 Å². The highest BCUT2D eigenvalue weighted by Crippen LogP contribution is 2.18. The first-order valence-electron chi connectivity index (χ1n) is 11.9. The molecule has 2 N–H and O–H groups in total. The van der Waals surface area contributed by atoms with Crippen LogP contribution in [0.5, 0.6) is 0 Å². The Morgan fingerprint density at radius 1 is 1.00 bits per heavy atom. The van der Waals surface area contributed by atoms with Crippen molar-refractivity contribution < 1.29 is 19.4 Å². The van der Waals surface area contributed by atoms with Crippen molar-refractivity contribution in [2.24, 2.45) is 0 Å².